The van der Waals surface area contributed by atoms with Gasteiger partial charge in [-0.3, -0.25) is 0 Å². The van der Waals surface area contributed by atoms with Gasteiger partial charge in [0.15, 0.2) is 0 Å². The number of hydrogen-bond donors (Lipinski definition) is 0. The first kappa shape index (κ1) is 28.5. The van der Waals surface area contributed by atoms with Crippen molar-refractivity contribution in [1.82, 2.24) is 4.57 Å². The van der Waals surface area contributed by atoms with Gasteiger partial charge in [-0.2, -0.15) is 0 Å². The monoisotopic (exact) mass is 650 g/mol. The van der Waals surface area contributed by atoms with Gasteiger partial charge in [-0.05, 0) is 81.4 Å². The lowest BCUT2D eigenvalue weighted by molar-refractivity contribution is 0.745. The first-order valence-electron chi connectivity index (χ1n) is 18.0. The summed E-state index contributed by atoms with van der Waals surface area (Å²) in [5.41, 5.74) is 14.9. The minimum Gasteiger partial charge on any atom is -0.333 e. The van der Waals surface area contributed by atoms with Crippen LogP contribution in [0.4, 0.5) is 11.4 Å². The zero-order valence-corrected chi connectivity index (χ0v) is 28.0. The highest BCUT2D eigenvalue weighted by atomic mass is 15.2. The van der Waals surface area contributed by atoms with Crippen LogP contribution < -0.4 is 4.90 Å². The normalized spacial score (nSPS) is 17.8. The van der Waals surface area contributed by atoms with E-state index in [0.29, 0.717) is 0 Å². The molecular weight excluding hydrogens is 617 g/mol. The molecule has 0 fully saturated rings. The number of hydrogen-bond acceptors (Lipinski definition) is 1. The molecule has 1 aromatic heterocycles. The topological polar surface area (TPSA) is 8.17 Å². The second-order valence-electron chi connectivity index (χ2n) is 14.0. The highest BCUT2D eigenvalue weighted by Gasteiger charge is 2.46. The van der Waals surface area contributed by atoms with E-state index in [1.165, 1.54) is 77.8 Å². The number of fused-ring (bicyclic) bond motifs is 10. The Bertz CT molecular complexity index is 2650. The van der Waals surface area contributed by atoms with Crippen LogP contribution in [0.2, 0.25) is 0 Å². The Morgan fingerprint density at radius 1 is 0.471 bits per heavy atom. The molecule has 0 saturated heterocycles. The fourth-order valence-electron chi connectivity index (χ4n) is 9.61. The molecule has 0 bridgehead atoms. The van der Waals surface area contributed by atoms with Gasteiger partial charge in [0.05, 0.1) is 28.2 Å². The molecule has 240 valence electrons. The predicted octanol–water partition coefficient (Wildman–Crippen LogP) is 11.9. The molecule has 8 aromatic rings. The minimum absolute atomic E-state index is 0.209. The van der Waals surface area contributed by atoms with Crippen LogP contribution in [-0.4, -0.2) is 10.6 Å². The first-order valence-corrected chi connectivity index (χ1v) is 18.0. The molecule has 2 atom stereocenters. The number of nitrogens with zero attached hydrogens (tertiary/aromatic N) is 2. The summed E-state index contributed by atoms with van der Waals surface area (Å²) in [5, 5.41) is 2.57. The van der Waals surface area contributed by atoms with E-state index in [2.05, 4.69) is 204 Å². The second kappa shape index (κ2) is 10.8. The Labute approximate surface area is 297 Å². The predicted molar refractivity (Wildman–Crippen MR) is 211 cm³/mol. The average Bonchev–Trinajstić information content (AvgIpc) is 3.83. The molecule has 0 N–H and O–H groups in total. The van der Waals surface area contributed by atoms with Crippen LogP contribution in [0.1, 0.15) is 33.7 Å². The summed E-state index contributed by atoms with van der Waals surface area (Å²) in [5.74, 6) is 0.275. The van der Waals surface area contributed by atoms with E-state index < -0.39 is 5.41 Å². The largest absolute Gasteiger partial charge is 0.333 e. The molecule has 0 spiro atoms. The molecule has 2 unspecified atom stereocenters. The zero-order chi connectivity index (χ0) is 33.5. The van der Waals surface area contributed by atoms with Crippen LogP contribution >= 0.6 is 0 Å². The van der Waals surface area contributed by atoms with Gasteiger partial charge >= 0.3 is 0 Å². The molecule has 0 saturated carbocycles. The molecule has 1 aliphatic heterocycles. The van der Waals surface area contributed by atoms with E-state index in [-0.39, 0.29) is 12.0 Å². The van der Waals surface area contributed by atoms with Gasteiger partial charge in [0.2, 0.25) is 0 Å². The Balaban J connectivity index is 1.29. The van der Waals surface area contributed by atoms with Crippen molar-refractivity contribution in [2.75, 3.05) is 4.90 Å². The third kappa shape index (κ3) is 3.82. The standard InChI is InChI=1S/C49H34N2/c1-4-16-33(17-5-1)49(42-25-13-10-22-37(42)38-23-11-14-26-43(38)49)34-28-30-45-41(32-34)47-46(50(45)35-18-6-2-7-19-35)31-29-40-39-24-12-15-27-44(39)51(48(40)47)36-20-8-3-9-21-36/h1-32,39,44H. The van der Waals surface area contributed by atoms with Gasteiger partial charge in [0, 0.05) is 28.1 Å². The van der Waals surface area contributed by atoms with Crippen LogP contribution in [0.25, 0.3) is 38.6 Å². The van der Waals surface area contributed by atoms with E-state index in [9.17, 15) is 0 Å². The molecule has 2 nitrogen and oxygen atoms in total. The molecule has 11 rings (SSSR count). The van der Waals surface area contributed by atoms with Gasteiger partial charge in [0.1, 0.15) is 0 Å². The number of para-hydroxylation sites is 2. The maximum absolute atomic E-state index is 2.59. The van der Waals surface area contributed by atoms with Gasteiger partial charge in [-0.25, -0.2) is 0 Å². The van der Waals surface area contributed by atoms with Crippen LogP contribution in [-0.2, 0) is 5.41 Å². The number of benzene rings is 7. The van der Waals surface area contributed by atoms with Crippen LogP contribution in [0, 0.1) is 0 Å². The molecule has 2 heteroatoms. The van der Waals surface area contributed by atoms with Crippen molar-refractivity contribution in [1.29, 1.82) is 0 Å². The molecule has 0 amide bonds. The summed E-state index contributed by atoms with van der Waals surface area (Å²) in [6.07, 6.45) is 9.19. The van der Waals surface area contributed by atoms with Crippen LogP contribution in [0.15, 0.2) is 194 Å². The van der Waals surface area contributed by atoms with Gasteiger partial charge in [-0.1, -0.05) is 152 Å². The highest BCUT2D eigenvalue weighted by Crippen LogP contribution is 2.58. The molecular formula is C49H34N2. The molecule has 51 heavy (non-hydrogen) atoms. The summed E-state index contributed by atoms with van der Waals surface area (Å²) in [4.78, 5) is 2.59. The maximum atomic E-state index is 2.59. The molecule has 0 radical (unpaired) electrons. The average molecular weight is 651 g/mol. The number of anilines is 2. The van der Waals surface area contributed by atoms with Crippen molar-refractivity contribution in [3.8, 4) is 16.8 Å². The smallest absolute Gasteiger partial charge is 0.0713 e. The fraction of sp³-hybridized carbons (Fsp3) is 0.0612. The molecule has 3 aliphatic rings. The van der Waals surface area contributed by atoms with Crippen LogP contribution in [0.5, 0.6) is 0 Å². The van der Waals surface area contributed by atoms with Crippen molar-refractivity contribution in [3.63, 3.8) is 0 Å². The number of aromatic nitrogens is 1. The van der Waals surface area contributed by atoms with Crippen molar-refractivity contribution < 1.29 is 0 Å². The molecule has 2 aliphatic carbocycles. The lowest BCUT2D eigenvalue weighted by atomic mass is 9.67. The van der Waals surface area contributed by atoms with E-state index in [1.54, 1.807) is 0 Å². The van der Waals surface area contributed by atoms with Crippen molar-refractivity contribution in [2.24, 2.45) is 0 Å². The van der Waals surface area contributed by atoms with E-state index in [1.807, 2.05) is 0 Å². The number of rotatable bonds is 4. The Hall–Kier alpha value is -6.38. The maximum Gasteiger partial charge on any atom is 0.0713 e. The Morgan fingerprint density at radius 3 is 1.76 bits per heavy atom. The SMILES string of the molecule is C1=CC2c3ccc4c(c3N(c3ccccc3)C2C=C1)c1cc(C2(c3ccccc3)c3ccccc3-c3ccccc32)ccc1n4-c1ccccc1. The fourth-order valence-corrected chi connectivity index (χ4v) is 9.61. The van der Waals surface area contributed by atoms with Gasteiger partial charge in [-0.15, -0.1) is 0 Å². The van der Waals surface area contributed by atoms with E-state index in [4.69, 9.17) is 0 Å². The van der Waals surface area contributed by atoms with E-state index >= 15 is 0 Å². The van der Waals surface area contributed by atoms with Gasteiger partial charge < -0.3 is 9.47 Å². The summed E-state index contributed by atoms with van der Waals surface area (Å²) in [6, 6.07) is 63.3. The van der Waals surface area contributed by atoms with Gasteiger partial charge in [0.25, 0.3) is 0 Å². The quantitative estimate of drug-likeness (QED) is 0.184. The first-order chi connectivity index (χ1) is 25.3. The zero-order valence-electron chi connectivity index (χ0n) is 28.0. The molecule has 7 aromatic carbocycles. The lowest BCUT2D eigenvalue weighted by Gasteiger charge is -2.34. The Kier molecular flexibility index (Phi) is 6.03. The third-order valence-electron chi connectivity index (χ3n) is 11.6. The summed E-state index contributed by atoms with van der Waals surface area (Å²) in [7, 11) is 0. The lowest BCUT2D eigenvalue weighted by Crippen LogP contribution is -2.28. The van der Waals surface area contributed by atoms with Crippen LogP contribution in [0.3, 0.4) is 0 Å². The third-order valence-corrected chi connectivity index (χ3v) is 11.6. The van der Waals surface area contributed by atoms with Crippen molar-refractivity contribution >= 4 is 33.2 Å². The Morgan fingerprint density at radius 2 is 1.06 bits per heavy atom. The summed E-state index contributed by atoms with van der Waals surface area (Å²) >= 11 is 0. The molecule has 2 heterocycles. The minimum atomic E-state index is -0.472. The summed E-state index contributed by atoms with van der Waals surface area (Å²) in [6.45, 7) is 0. The van der Waals surface area contributed by atoms with Crippen molar-refractivity contribution in [2.45, 2.75) is 17.4 Å². The number of allylic oxidation sites excluding steroid dienone is 2. The van der Waals surface area contributed by atoms with E-state index in [0.717, 1.165) is 0 Å². The second-order valence-corrected chi connectivity index (χ2v) is 14.0. The highest BCUT2D eigenvalue weighted by molar-refractivity contribution is 6.17. The van der Waals surface area contributed by atoms with Crippen molar-refractivity contribution in [3.05, 3.63) is 222 Å². The summed E-state index contributed by atoms with van der Waals surface area (Å²) < 4.78 is 2.47.